The van der Waals surface area contributed by atoms with Gasteiger partial charge in [-0.05, 0) is 47.9 Å². The van der Waals surface area contributed by atoms with Crippen LogP contribution in [0.1, 0.15) is 17.3 Å². The number of azo groups is 2. The van der Waals surface area contributed by atoms with Gasteiger partial charge in [0.1, 0.15) is 32.4 Å². The monoisotopic (exact) mass is 674 g/mol. The lowest BCUT2D eigenvalue weighted by Crippen LogP contribution is -2.06. The summed E-state index contributed by atoms with van der Waals surface area (Å²) in [4.78, 5) is 31.3. The van der Waals surface area contributed by atoms with E-state index in [0.717, 1.165) is 54.6 Å². The van der Waals surface area contributed by atoms with E-state index in [-0.39, 0.29) is 16.8 Å². The van der Waals surface area contributed by atoms with Crippen LogP contribution in [0.5, 0.6) is 11.5 Å². The molecule has 4 aromatic carbocycles. The van der Waals surface area contributed by atoms with Gasteiger partial charge in [-0.2, -0.15) is 21.9 Å². The van der Waals surface area contributed by atoms with Crippen LogP contribution in [0.3, 0.4) is 0 Å². The van der Waals surface area contributed by atoms with Gasteiger partial charge in [0.25, 0.3) is 25.9 Å². The number of hydrogen-bond donors (Lipinski definition) is 6. The highest BCUT2D eigenvalue weighted by Crippen LogP contribution is 2.48. The molecule has 0 aliphatic rings. The van der Waals surface area contributed by atoms with Gasteiger partial charge in [0.05, 0.1) is 16.0 Å². The summed E-state index contributed by atoms with van der Waals surface area (Å²) in [5.41, 5.74) is -3.68. The van der Waals surface area contributed by atoms with Crippen LogP contribution in [-0.4, -0.2) is 58.1 Å². The van der Waals surface area contributed by atoms with Gasteiger partial charge >= 0.3 is 5.97 Å². The second-order valence-electron chi connectivity index (χ2n) is 9.08. The molecular formula is C25H18N6O13S2. The quantitative estimate of drug-likeness (QED) is 0.0580. The number of nitrogens with zero attached hydrogens (tertiary/aromatic N) is 5. The molecule has 0 bridgehead atoms. The van der Waals surface area contributed by atoms with Crippen molar-refractivity contribution in [1.82, 2.24) is 0 Å². The molecule has 1 amide bonds. The first-order valence-corrected chi connectivity index (χ1v) is 15.0. The minimum atomic E-state index is -5.12. The second kappa shape index (κ2) is 12.2. The van der Waals surface area contributed by atoms with Gasteiger partial charge in [-0.15, -0.1) is 15.3 Å². The third-order valence-electron chi connectivity index (χ3n) is 5.94. The number of rotatable bonds is 9. The smallest absolute Gasteiger partial charge is 0.342 e. The summed E-state index contributed by atoms with van der Waals surface area (Å²) >= 11 is 0. The highest BCUT2D eigenvalue weighted by molar-refractivity contribution is 7.86. The summed E-state index contributed by atoms with van der Waals surface area (Å²) in [6.07, 6.45) is 0. The maximum absolute atomic E-state index is 12.1. The highest BCUT2D eigenvalue weighted by atomic mass is 32.2. The van der Waals surface area contributed by atoms with Crippen molar-refractivity contribution in [3.63, 3.8) is 0 Å². The first kappa shape index (κ1) is 33.0. The van der Waals surface area contributed by atoms with Crippen LogP contribution in [0.25, 0.3) is 10.8 Å². The van der Waals surface area contributed by atoms with Crippen molar-refractivity contribution < 1.29 is 55.8 Å². The standard InChI is InChI=1S/C25H18N6O13S2/c1-11(32)26-13-4-7-19(45(39,40)41)17(10-13)29-28-16-5-2-12-8-20(46(42,43)44)22(24(34)21(12)23(16)33)30-27-14-3-6-18(31(37)38)15(9-14)25(35)36/h2-10,33-34H,1H3,(H,26,32)(H,35,36)(H,39,40,41)(H,42,43,44). The summed E-state index contributed by atoms with van der Waals surface area (Å²) < 4.78 is 67.3. The Labute approximate surface area is 256 Å². The number of fused-ring (bicyclic) bond motifs is 1. The Morgan fingerprint density at radius 3 is 2.04 bits per heavy atom. The Hall–Kier alpha value is -5.90. The lowest BCUT2D eigenvalue weighted by molar-refractivity contribution is -0.385. The first-order chi connectivity index (χ1) is 21.4. The lowest BCUT2D eigenvalue weighted by atomic mass is 10.1. The SMILES string of the molecule is CC(=O)Nc1ccc(S(=O)(=O)O)c(N=Nc2ccc3cc(S(=O)(=O)O)c(N=Nc4ccc([N+](=O)[O-])c(C(=O)O)c4)c(O)c3c2O)c1. The zero-order valence-corrected chi connectivity index (χ0v) is 24.4. The average molecular weight is 675 g/mol. The van der Waals surface area contributed by atoms with E-state index in [2.05, 4.69) is 25.8 Å². The molecule has 19 nitrogen and oxygen atoms in total. The van der Waals surface area contributed by atoms with Crippen molar-refractivity contribution in [1.29, 1.82) is 0 Å². The van der Waals surface area contributed by atoms with Gasteiger partial charge in [-0.25, -0.2) is 4.79 Å². The molecule has 4 aromatic rings. The minimum Gasteiger partial charge on any atom is -0.505 e. The van der Waals surface area contributed by atoms with E-state index in [1.165, 1.54) is 6.92 Å². The zero-order valence-electron chi connectivity index (χ0n) is 22.8. The number of nitro groups is 1. The molecule has 4 rings (SSSR count). The van der Waals surface area contributed by atoms with Crippen molar-refractivity contribution in [3.05, 3.63) is 70.3 Å². The van der Waals surface area contributed by atoms with Crippen LogP contribution < -0.4 is 5.32 Å². The van der Waals surface area contributed by atoms with Crippen molar-refractivity contribution in [2.75, 3.05) is 5.32 Å². The van der Waals surface area contributed by atoms with Crippen molar-refractivity contribution >= 4 is 77.0 Å². The number of amides is 1. The van der Waals surface area contributed by atoms with Crippen LogP contribution in [0.2, 0.25) is 0 Å². The molecule has 0 saturated heterocycles. The van der Waals surface area contributed by atoms with Crippen LogP contribution in [0.15, 0.2) is 84.8 Å². The Morgan fingerprint density at radius 2 is 1.46 bits per heavy atom. The molecule has 0 atom stereocenters. The molecule has 0 unspecified atom stereocenters. The van der Waals surface area contributed by atoms with E-state index < -0.39 is 92.0 Å². The van der Waals surface area contributed by atoms with Gasteiger partial charge in [-0.3, -0.25) is 24.0 Å². The number of aromatic carboxylic acids is 1. The number of nitrogens with one attached hydrogen (secondary N) is 1. The Balaban J connectivity index is 1.88. The molecule has 0 radical (unpaired) electrons. The van der Waals surface area contributed by atoms with Crippen LogP contribution in [0, 0.1) is 10.1 Å². The van der Waals surface area contributed by atoms with Crippen molar-refractivity contribution in [3.8, 4) is 11.5 Å². The molecule has 0 aliphatic heterocycles. The number of carboxylic acid groups (broad SMARTS) is 1. The maximum Gasteiger partial charge on any atom is 0.342 e. The molecule has 238 valence electrons. The number of aromatic hydroxyl groups is 2. The normalized spacial score (nSPS) is 12.2. The molecule has 0 spiro atoms. The largest absolute Gasteiger partial charge is 0.505 e. The molecule has 6 N–H and O–H groups in total. The number of benzene rings is 4. The number of anilines is 1. The fourth-order valence-corrected chi connectivity index (χ4v) is 5.27. The third-order valence-corrected chi connectivity index (χ3v) is 7.71. The number of phenolic OH excluding ortho intramolecular Hbond substituents is 2. The molecule has 0 aliphatic carbocycles. The summed E-state index contributed by atoms with van der Waals surface area (Å²) in [5.74, 6) is -4.13. The van der Waals surface area contributed by atoms with Gasteiger partial charge < -0.3 is 20.6 Å². The highest BCUT2D eigenvalue weighted by Gasteiger charge is 2.25. The van der Waals surface area contributed by atoms with Gasteiger partial charge in [0.15, 0.2) is 11.5 Å². The van der Waals surface area contributed by atoms with Crippen LogP contribution in [0.4, 0.5) is 34.1 Å². The second-order valence-corrected chi connectivity index (χ2v) is 11.9. The van der Waals surface area contributed by atoms with Gasteiger partial charge in [0.2, 0.25) is 5.91 Å². The Kier molecular flexibility index (Phi) is 8.78. The molecule has 46 heavy (non-hydrogen) atoms. The number of nitro benzene ring substituents is 1. The summed E-state index contributed by atoms with van der Waals surface area (Å²) in [7, 11) is -9.96. The lowest BCUT2D eigenvalue weighted by Gasteiger charge is -2.11. The molecule has 0 aromatic heterocycles. The van der Waals surface area contributed by atoms with Gasteiger partial charge in [0, 0.05) is 18.7 Å². The molecule has 0 fully saturated rings. The minimum absolute atomic E-state index is 0.0745. The topological polar surface area (TPSA) is 308 Å². The predicted molar refractivity (Wildman–Crippen MR) is 156 cm³/mol. The number of carbonyl (C=O) groups excluding carboxylic acids is 1. The van der Waals surface area contributed by atoms with Crippen LogP contribution >= 0.6 is 0 Å². The average Bonchev–Trinajstić information content (AvgIpc) is 2.94. The van der Waals surface area contributed by atoms with Crippen LogP contribution in [-0.2, 0) is 25.0 Å². The summed E-state index contributed by atoms with van der Waals surface area (Å²) in [5, 5.41) is 58.7. The number of carboxylic acids is 1. The van der Waals surface area contributed by atoms with Gasteiger partial charge in [-0.1, -0.05) is 6.07 Å². The van der Waals surface area contributed by atoms with Crippen molar-refractivity contribution in [2.45, 2.75) is 16.7 Å². The number of carbonyl (C=O) groups is 2. The first-order valence-electron chi connectivity index (χ1n) is 12.1. The fraction of sp³-hybridized carbons (Fsp3) is 0.0400. The number of hydrogen-bond acceptors (Lipinski definition) is 14. The van der Waals surface area contributed by atoms with E-state index in [0.29, 0.717) is 0 Å². The predicted octanol–water partition coefficient (Wildman–Crippen LogP) is 5.14. The van der Waals surface area contributed by atoms with E-state index in [4.69, 9.17) is 0 Å². The van der Waals surface area contributed by atoms with E-state index >= 15 is 0 Å². The maximum atomic E-state index is 12.1. The number of phenols is 2. The van der Waals surface area contributed by atoms with E-state index in [9.17, 15) is 61.0 Å². The molecular weight excluding hydrogens is 656 g/mol. The Morgan fingerprint density at radius 1 is 0.804 bits per heavy atom. The zero-order chi connectivity index (χ0) is 34.1. The molecule has 0 heterocycles. The fourth-order valence-electron chi connectivity index (χ4n) is 4.01. The van der Waals surface area contributed by atoms with Crippen molar-refractivity contribution in [2.24, 2.45) is 20.5 Å². The third kappa shape index (κ3) is 6.91. The molecule has 0 saturated carbocycles. The summed E-state index contributed by atoms with van der Waals surface area (Å²) in [6, 6.07) is 8.65. The Bertz CT molecular complexity index is 2250. The van der Waals surface area contributed by atoms with E-state index in [1.54, 1.807) is 0 Å². The summed E-state index contributed by atoms with van der Waals surface area (Å²) in [6.45, 7) is 1.18. The molecule has 21 heteroatoms. The van der Waals surface area contributed by atoms with E-state index in [1.807, 2.05) is 0 Å².